The van der Waals surface area contributed by atoms with Crippen molar-refractivity contribution in [1.29, 1.82) is 0 Å². The van der Waals surface area contributed by atoms with Gasteiger partial charge in [0, 0.05) is 10.4 Å². The molecule has 0 unspecified atom stereocenters. The number of alkyl halides is 1. The molecule has 0 radical (unpaired) electrons. The van der Waals surface area contributed by atoms with Crippen molar-refractivity contribution in [3.63, 3.8) is 0 Å². The molecule has 0 fully saturated rings. The van der Waals surface area contributed by atoms with E-state index >= 15 is 0 Å². The van der Waals surface area contributed by atoms with E-state index in [-0.39, 0.29) is 4.49 Å². The number of allylic oxidation sites excluding steroid dienone is 3. The van der Waals surface area contributed by atoms with E-state index in [1.54, 1.807) is 0 Å². The fourth-order valence-electron chi connectivity index (χ4n) is 0.635. The molecular weight excluding hydrogens is 282 g/mol. The Morgan fingerprint density at radius 1 is 1.25 bits per heavy atom. The average molecular weight is 292 g/mol. The standard InChI is InChI=1S/C8H10BrCl3/c1-6(4-5-9)2-3-7(10)8(11)12/h4H,2-3,5H2,1H3/b6-4+. The van der Waals surface area contributed by atoms with Gasteiger partial charge in [-0.05, 0) is 19.8 Å². The van der Waals surface area contributed by atoms with E-state index in [0.717, 1.165) is 11.8 Å². The summed E-state index contributed by atoms with van der Waals surface area (Å²) in [7, 11) is 0. The van der Waals surface area contributed by atoms with Crippen LogP contribution >= 0.6 is 50.7 Å². The monoisotopic (exact) mass is 290 g/mol. The molecule has 12 heavy (non-hydrogen) atoms. The van der Waals surface area contributed by atoms with Gasteiger partial charge in [-0.2, -0.15) is 0 Å². The van der Waals surface area contributed by atoms with Crippen LogP contribution in [0, 0.1) is 0 Å². The highest BCUT2D eigenvalue weighted by molar-refractivity contribution is 9.09. The Morgan fingerprint density at radius 2 is 1.83 bits per heavy atom. The van der Waals surface area contributed by atoms with Crippen molar-refractivity contribution < 1.29 is 0 Å². The summed E-state index contributed by atoms with van der Waals surface area (Å²) in [5, 5.41) is 1.40. The Kier molecular flexibility index (Phi) is 7.76. The summed E-state index contributed by atoms with van der Waals surface area (Å²) in [6.45, 7) is 2.05. The topological polar surface area (TPSA) is 0 Å². The average Bonchev–Trinajstić information content (AvgIpc) is 2.00. The van der Waals surface area contributed by atoms with Crippen LogP contribution in [0.4, 0.5) is 0 Å². The predicted octanol–water partition coefficient (Wildman–Crippen LogP) is 4.99. The highest BCUT2D eigenvalue weighted by Gasteiger charge is 1.99. The van der Waals surface area contributed by atoms with Crippen LogP contribution in [0.1, 0.15) is 19.8 Å². The Balaban J connectivity index is 3.84. The van der Waals surface area contributed by atoms with Gasteiger partial charge < -0.3 is 0 Å². The number of rotatable bonds is 4. The highest BCUT2D eigenvalue weighted by atomic mass is 79.9. The van der Waals surface area contributed by atoms with E-state index in [9.17, 15) is 0 Å². The molecule has 0 aromatic carbocycles. The summed E-state index contributed by atoms with van der Waals surface area (Å²) in [4.78, 5) is 0. The lowest BCUT2D eigenvalue weighted by atomic mass is 10.1. The largest absolute Gasteiger partial charge is 0.121 e. The summed E-state index contributed by atoms with van der Waals surface area (Å²) in [5.74, 6) is 0. The van der Waals surface area contributed by atoms with Gasteiger partial charge in [0.15, 0.2) is 0 Å². The summed E-state index contributed by atoms with van der Waals surface area (Å²) < 4.78 is 0.170. The molecule has 0 aliphatic heterocycles. The van der Waals surface area contributed by atoms with E-state index in [0.29, 0.717) is 11.5 Å². The summed E-state index contributed by atoms with van der Waals surface area (Å²) in [6, 6.07) is 0. The first-order valence-electron chi connectivity index (χ1n) is 3.49. The predicted molar refractivity (Wildman–Crippen MR) is 61.4 cm³/mol. The Hall–Kier alpha value is 0.830. The van der Waals surface area contributed by atoms with Gasteiger partial charge in [0.25, 0.3) is 0 Å². The molecule has 0 amide bonds. The Bertz CT molecular complexity index is 192. The van der Waals surface area contributed by atoms with Gasteiger partial charge in [-0.25, -0.2) is 0 Å². The lowest BCUT2D eigenvalue weighted by Crippen LogP contribution is -1.80. The fourth-order valence-corrected chi connectivity index (χ4v) is 1.47. The first-order chi connectivity index (χ1) is 5.57. The zero-order chi connectivity index (χ0) is 9.56. The first kappa shape index (κ1) is 12.8. The molecule has 0 nitrogen and oxygen atoms in total. The van der Waals surface area contributed by atoms with Gasteiger partial charge in [0.05, 0.1) is 0 Å². The van der Waals surface area contributed by atoms with Gasteiger partial charge in [-0.3, -0.25) is 0 Å². The summed E-state index contributed by atoms with van der Waals surface area (Å²) in [6.07, 6.45) is 3.69. The SMILES string of the molecule is C/C(=C\CBr)CCC(Cl)=C(Cl)Cl. The third-order valence-electron chi connectivity index (χ3n) is 1.37. The van der Waals surface area contributed by atoms with Crippen molar-refractivity contribution in [2.45, 2.75) is 19.8 Å². The second kappa shape index (κ2) is 7.25. The van der Waals surface area contributed by atoms with E-state index in [4.69, 9.17) is 34.8 Å². The molecule has 4 heteroatoms. The first-order valence-corrected chi connectivity index (χ1v) is 5.74. The Labute approximate surface area is 96.7 Å². The number of halogens is 4. The molecule has 0 rings (SSSR count). The molecule has 0 aromatic heterocycles. The molecule has 0 saturated carbocycles. The molecular formula is C8H10BrCl3. The third-order valence-corrected chi connectivity index (χ3v) is 2.72. The maximum atomic E-state index is 5.74. The van der Waals surface area contributed by atoms with Crippen LogP contribution in [0.3, 0.4) is 0 Å². The lowest BCUT2D eigenvalue weighted by Gasteiger charge is -1.99. The molecule has 0 bridgehead atoms. The summed E-state index contributed by atoms with van der Waals surface area (Å²) >= 11 is 20.0. The minimum atomic E-state index is 0.170. The molecule has 0 heterocycles. The maximum Gasteiger partial charge on any atom is 0.121 e. The normalized spacial score (nSPS) is 11.6. The van der Waals surface area contributed by atoms with Crippen molar-refractivity contribution in [2.75, 3.05) is 5.33 Å². The fraction of sp³-hybridized carbons (Fsp3) is 0.500. The van der Waals surface area contributed by atoms with Gasteiger partial charge in [0.2, 0.25) is 0 Å². The minimum Gasteiger partial charge on any atom is -0.0883 e. The van der Waals surface area contributed by atoms with Crippen LogP contribution < -0.4 is 0 Å². The molecule has 0 N–H and O–H groups in total. The second-order valence-corrected chi connectivity index (χ2v) is 4.42. The zero-order valence-corrected chi connectivity index (χ0v) is 10.6. The van der Waals surface area contributed by atoms with Crippen LogP contribution in [-0.2, 0) is 0 Å². The van der Waals surface area contributed by atoms with E-state index in [2.05, 4.69) is 22.0 Å². The van der Waals surface area contributed by atoms with Crippen molar-refractivity contribution in [2.24, 2.45) is 0 Å². The molecule has 0 aliphatic rings. The maximum absolute atomic E-state index is 5.74. The molecule has 0 aliphatic carbocycles. The van der Waals surface area contributed by atoms with E-state index < -0.39 is 0 Å². The third kappa shape index (κ3) is 6.36. The van der Waals surface area contributed by atoms with Crippen molar-refractivity contribution >= 4 is 50.7 Å². The molecule has 0 saturated heterocycles. The highest BCUT2D eigenvalue weighted by Crippen LogP contribution is 2.23. The lowest BCUT2D eigenvalue weighted by molar-refractivity contribution is 0.962. The smallest absolute Gasteiger partial charge is 0.0883 e. The molecule has 0 aromatic rings. The van der Waals surface area contributed by atoms with Crippen molar-refractivity contribution in [3.8, 4) is 0 Å². The summed E-state index contributed by atoms with van der Waals surface area (Å²) in [5.41, 5.74) is 1.28. The van der Waals surface area contributed by atoms with E-state index in [1.165, 1.54) is 5.57 Å². The second-order valence-electron chi connectivity index (χ2n) is 2.37. The van der Waals surface area contributed by atoms with Crippen LogP contribution in [0.15, 0.2) is 21.2 Å². The number of hydrogen-bond acceptors (Lipinski definition) is 0. The number of hydrogen-bond donors (Lipinski definition) is 0. The van der Waals surface area contributed by atoms with Gasteiger partial charge in [-0.15, -0.1) is 0 Å². The van der Waals surface area contributed by atoms with Crippen LogP contribution in [0.5, 0.6) is 0 Å². The van der Waals surface area contributed by atoms with E-state index in [1.807, 2.05) is 6.92 Å². The van der Waals surface area contributed by atoms with Gasteiger partial charge in [0.1, 0.15) is 4.49 Å². The van der Waals surface area contributed by atoms with Gasteiger partial charge >= 0.3 is 0 Å². The van der Waals surface area contributed by atoms with Gasteiger partial charge in [-0.1, -0.05) is 62.4 Å². The molecule has 0 spiro atoms. The minimum absolute atomic E-state index is 0.170. The Morgan fingerprint density at radius 3 is 2.25 bits per heavy atom. The van der Waals surface area contributed by atoms with Crippen LogP contribution in [0.25, 0.3) is 0 Å². The van der Waals surface area contributed by atoms with Crippen LogP contribution in [0.2, 0.25) is 0 Å². The zero-order valence-electron chi connectivity index (χ0n) is 6.71. The quantitative estimate of drug-likeness (QED) is 0.505. The van der Waals surface area contributed by atoms with Crippen molar-refractivity contribution in [3.05, 3.63) is 21.2 Å². The molecule has 70 valence electrons. The van der Waals surface area contributed by atoms with Crippen molar-refractivity contribution in [1.82, 2.24) is 0 Å². The molecule has 0 atom stereocenters. The van der Waals surface area contributed by atoms with Crippen LogP contribution in [-0.4, -0.2) is 5.33 Å².